The zero-order chi connectivity index (χ0) is 13.5. The molecule has 0 aromatic heterocycles. The molecular formula is C15H28N2O. The van der Waals surface area contributed by atoms with Crippen LogP contribution in [0.4, 0.5) is 0 Å². The molecule has 1 fully saturated rings. The Morgan fingerprint density at radius 2 is 2.06 bits per heavy atom. The summed E-state index contributed by atoms with van der Waals surface area (Å²) in [5.74, 6) is 1.78. The first-order valence-electron chi connectivity index (χ1n) is 7.07. The van der Waals surface area contributed by atoms with E-state index in [2.05, 4.69) is 44.1 Å². The molecule has 1 saturated heterocycles. The van der Waals surface area contributed by atoms with Crippen molar-refractivity contribution in [2.75, 3.05) is 6.54 Å². The highest BCUT2D eigenvalue weighted by Gasteiger charge is 2.34. The highest BCUT2D eigenvalue weighted by molar-refractivity contribution is 5.80. The maximum atomic E-state index is 5.29. The minimum absolute atomic E-state index is 0.184. The van der Waals surface area contributed by atoms with E-state index in [0.717, 1.165) is 18.3 Å². The van der Waals surface area contributed by atoms with Crippen molar-refractivity contribution in [3.63, 3.8) is 0 Å². The molecule has 1 aliphatic heterocycles. The summed E-state index contributed by atoms with van der Waals surface area (Å²) in [7, 11) is 0. The number of hydrogen-bond donors (Lipinski definition) is 1. The van der Waals surface area contributed by atoms with Crippen LogP contribution in [0.3, 0.4) is 0 Å². The number of rotatable bonds is 7. The number of nitrogens with one attached hydrogen (secondary N) is 1. The van der Waals surface area contributed by atoms with Crippen LogP contribution in [-0.4, -0.2) is 24.7 Å². The molecule has 104 valence electrons. The fourth-order valence-corrected chi connectivity index (χ4v) is 1.77. The monoisotopic (exact) mass is 252 g/mol. The van der Waals surface area contributed by atoms with Crippen molar-refractivity contribution in [3.05, 3.63) is 11.6 Å². The molecule has 3 nitrogen and oxygen atoms in total. The predicted molar refractivity (Wildman–Crippen MR) is 77.9 cm³/mol. The van der Waals surface area contributed by atoms with Crippen LogP contribution in [0.15, 0.2) is 16.6 Å². The van der Waals surface area contributed by atoms with Gasteiger partial charge in [-0.3, -0.25) is 4.99 Å². The molecule has 0 aromatic rings. The van der Waals surface area contributed by atoms with Crippen LogP contribution in [0.1, 0.15) is 53.9 Å². The van der Waals surface area contributed by atoms with Gasteiger partial charge in [-0.1, -0.05) is 31.9 Å². The van der Waals surface area contributed by atoms with Gasteiger partial charge in [-0.25, -0.2) is 0 Å². The molecule has 0 saturated carbocycles. The standard InChI is InChI=1S/C15H28N2O/c1-11(2)8-6-7-9-12(3)10-16-14(5)17-15-13(4)18-15/h9,11,13,15H,6-8,10H2,1-5H3,(H,16,17). The van der Waals surface area contributed by atoms with Crippen molar-refractivity contribution in [1.82, 2.24) is 5.32 Å². The minimum atomic E-state index is 0.184. The topological polar surface area (TPSA) is 36.9 Å². The summed E-state index contributed by atoms with van der Waals surface area (Å²) < 4.78 is 5.29. The van der Waals surface area contributed by atoms with Crippen LogP contribution in [0.25, 0.3) is 0 Å². The van der Waals surface area contributed by atoms with E-state index in [1.807, 2.05) is 6.92 Å². The Morgan fingerprint density at radius 1 is 1.39 bits per heavy atom. The molecule has 1 N–H and O–H groups in total. The molecule has 0 bridgehead atoms. The zero-order valence-corrected chi connectivity index (χ0v) is 12.5. The summed E-state index contributed by atoms with van der Waals surface area (Å²) in [6.07, 6.45) is 6.60. The predicted octanol–water partition coefficient (Wildman–Crippen LogP) is 3.51. The smallest absolute Gasteiger partial charge is 0.155 e. The van der Waals surface area contributed by atoms with Gasteiger partial charge in [-0.05, 0) is 39.5 Å². The molecule has 0 amide bonds. The Bertz CT molecular complexity index is 308. The molecule has 0 spiro atoms. The normalized spacial score (nSPS) is 24.6. The van der Waals surface area contributed by atoms with Gasteiger partial charge in [-0.15, -0.1) is 0 Å². The number of amidine groups is 1. The van der Waals surface area contributed by atoms with Crippen LogP contribution in [0.5, 0.6) is 0 Å². The first-order valence-corrected chi connectivity index (χ1v) is 7.07. The maximum absolute atomic E-state index is 5.29. The van der Waals surface area contributed by atoms with Gasteiger partial charge in [0.05, 0.1) is 12.4 Å². The molecule has 1 rings (SSSR count). The molecule has 1 aliphatic rings. The second-order valence-corrected chi connectivity index (χ2v) is 5.68. The van der Waals surface area contributed by atoms with Crippen LogP contribution >= 0.6 is 0 Å². The molecule has 1 heterocycles. The van der Waals surface area contributed by atoms with Gasteiger partial charge in [0, 0.05) is 0 Å². The Morgan fingerprint density at radius 3 is 2.61 bits per heavy atom. The second-order valence-electron chi connectivity index (χ2n) is 5.68. The molecule has 2 unspecified atom stereocenters. The number of hydrogen-bond acceptors (Lipinski definition) is 2. The van der Waals surface area contributed by atoms with Gasteiger partial charge in [-0.2, -0.15) is 0 Å². The third kappa shape index (κ3) is 6.80. The highest BCUT2D eigenvalue weighted by atomic mass is 16.6. The van der Waals surface area contributed by atoms with Crippen LogP contribution in [0, 0.1) is 5.92 Å². The summed E-state index contributed by atoms with van der Waals surface area (Å²) in [6, 6.07) is 0. The number of epoxide rings is 1. The van der Waals surface area contributed by atoms with E-state index in [9.17, 15) is 0 Å². The molecular weight excluding hydrogens is 224 g/mol. The van der Waals surface area contributed by atoms with E-state index in [0.29, 0.717) is 6.10 Å². The number of allylic oxidation sites excluding steroid dienone is 1. The lowest BCUT2D eigenvalue weighted by atomic mass is 10.1. The number of aliphatic imine (C=N–C) groups is 1. The van der Waals surface area contributed by atoms with Crippen molar-refractivity contribution in [3.8, 4) is 0 Å². The van der Waals surface area contributed by atoms with E-state index >= 15 is 0 Å². The summed E-state index contributed by atoms with van der Waals surface area (Å²) in [5, 5.41) is 3.24. The SMILES string of the molecule is CC(=CCCCC(C)C)CN=C(C)NC1OC1C. The van der Waals surface area contributed by atoms with Crippen LogP contribution in [-0.2, 0) is 4.74 Å². The lowest BCUT2D eigenvalue weighted by Gasteiger charge is -2.04. The zero-order valence-electron chi connectivity index (χ0n) is 12.5. The molecule has 0 aliphatic carbocycles. The van der Waals surface area contributed by atoms with Crippen LogP contribution in [0.2, 0.25) is 0 Å². The fourth-order valence-electron chi connectivity index (χ4n) is 1.77. The van der Waals surface area contributed by atoms with E-state index in [1.54, 1.807) is 0 Å². The van der Waals surface area contributed by atoms with Gasteiger partial charge >= 0.3 is 0 Å². The average Bonchev–Trinajstić information content (AvgIpc) is 2.97. The van der Waals surface area contributed by atoms with Crippen molar-refractivity contribution in [2.45, 2.75) is 66.2 Å². The second kappa shape index (κ2) is 7.57. The van der Waals surface area contributed by atoms with Gasteiger partial charge < -0.3 is 10.1 Å². The largest absolute Gasteiger partial charge is 0.348 e. The van der Waals surface area contributed by atoms with Crippen molar-refractivity contribution < 1.29 is 4.74 Å². The molecule has 0 aromatic carbocycles. The first kappa shape index (κ1) is 15.2. The summed E-state index contributed by atoms with van der Waals surface area (Å²) >= 11 is 0. The maximum Gasteiger partial charge on any atom is 0.155 e. The quantitative estimate of drug-likeness (QED) is 0.247. The van der Waals surface area contributed by atoms with Crippen molar-refractivity contribution in [1.29, 1.82) is 0 Å². The van der Waals surface area contributed by atoms with Gasteiger partial charge in [0.2, 0.25) is 0 Å². The lowest BCUT2D eigenvalue weighted by molar-refractivity contribution is 0.370. The van der Waals surface area contributed by atoms with Crippen LogP contribution < -0.4 is 5.32 Å². The summed E-state index contributed by atoms with van der Waals surface area (Å²) in [6.45, 7) is 11.6. The number of unbranched alkanes of at least 4 members (excludes halogenated alkanes) is 1. The van der Waals surface area contributed by atoms with Crippen molar-refractivity contribution in [2.24, 2.45) is 10.9 Å². The van der Waals surface area contributed by atoms with Crippen molar-refractivity contribution >= 4 is 5.84 Å². The Balaban J connectivity index is 2.15. The third-order valence-corrected chi connectivity index (χ3v) is 3.11. The minimum Gasteiger partial charge on any atom is -0.348 e. The summed E-state index contributed by atoms with van der Waals surface area (Å²) in [4.78, 5) is 4.51. The van der Waals surface area contributed by atoms with Gasteiger partial charge in [0.1, 0.15) is 6.10 Å². The lowest BCUT2D eigenvalue weighted by Crippen LogP contribution is -2.25. The van der Waals surface area contributed by atoms with E-state index in [4.69, 9.17) is 4.74 Å². The molecule has 3 heteroatoms. The number of nitrogens with zero attached hydrogens (tertiary/aromatic N) is 1. The molecule has 2 atom stereocenters. The van der Waals surface area contributed by atoms with Gasteiger partial charge in [0.15, 0.2) is 6.23 Å². The van der Waals surface area contributed by atoms with E-state index < -0.39 is 0 Å². The van der Waals surface area contributed by atoms with E-state index in [-0.39, 0.29) is 6.23 Å². The Labute approximate surface area is 112 Å². The average molecular weight is 252 g/mol. The van der Waals surface area contributed by atoms with Gasteiger partial charge in [0.25, 0.3) is 0 Å². The number of ether oxygens (including phenoxy) is 1. The molecule has 0 radical (unpaired) electrons. The van der Waals surface area contributed by atoms with E-state index in [1.165, 1.54) is 24.8 Å². The Hall–Kier alpha value is -0.830. The first-order chi connectivity index (χ1) is 8.49. The molecule has 18 heavy (non-hydrogen) atoms. The summed E-state index contributed by atoms with van der Waals surface area (Å²) in [5.41, 5.74) is 1.35. The highest BCUT2D eigenvalue weighted by Crippen LogP contribution is 2.17. The third-order valence-electron chi connectivity index (χ3n) is 3.11. The fraction of sp³-hybridized carbons (Fsp3) is 0.800. The Kier molecular flexibility index (Phi) is 6.41.